The van der Waals surface area contributed by atoms with Crippen molar-refractivity contribution in [2.75, 3.05) is 19.7 Å². The normalized spacial score (nSPS) is 10.4. The van der Waals surface area contributed by atoms with E-state index in [2.05, 4.69) is 19.2 Å². The predicted octanol–water partition coefficient (Wildman–Crippen LogP) is 1.41. The van der Waals surface area contributed by atoms with Crippen molar-refractivity contribution in [2.24, 2.45) is 11.7 Å². The molecule has 4 heteroatoms. The van der Waals surface area contributed by atoms with Gasteiger partial charge >= 0.3 is 0 Å². The summed E-state index contributed by atoms with van der Waals surface area (Å²) in [6.07, 6.45) is 0. The maximum Gasteiger partial charge on any atom is 0.251 e. The van der Waals surface area contributed by atoms with Crippen molar-refractivity contribution in [1.82, 2.24) is 5.32 Å². The van der Waals surface area contributed by atoms with Gasteiger partial charge in [-0.2, -0.15) is 0 Å². The first-order valence-corrected chi connectivity index (χ1v) is 5.84. The van der Waals surface area contributed by atoms with Crippen molar-refractivity contribution in [3.63, 3.8) is 0 Å². The molecule has 0 heterocycles. The van der Waals surface area contributed by atoms with Gasteiger partial charge in [-0.1, -0.05) is 19.9 Å². The largest absolute Gasteiger partial charge is 0.493 e. The highest BCUT2D eigenvalue weighted by Gasteiger charge is 2.05. The zero-order valence-electron chi connectivity index (χ0n) is 10.4. The van der Waals surface area contributed by atoms with Crippen LogP contribution in [0.25, 0.3) is 0 Å². The molecule has 0 aliphatic heterocycles. The Morgan fingerprint density at radius 3 is 2.88 bits per heavy atom. The molecular formula is C13H20N2O2. The highest BCUT2D eigenvalue weighted by Crippen LogP contribution is 2.14. The first kappa shape index (κ1) is 13.5. The fraction of sp³-hybridized carbons (Fsp3) is 0.462. The Balaban J connectivity index is 2.61. The number of nitrogens with two attached hydrogens (primary N) is 1. The van der Waals surface area contributed by atoms with Crippen LogP contribution in [-0.4, -0.2) is 25.6 Å². The molecule has 3 N–H and O–H groups in total. The van der Waals surface area contributed by atoms with Crippen LogP contribution < -0.4 is 15.8 Å². The number of carbonyl (C=O) groups excluding carboxylic acids is 1. The summed E-state index contributed by atoms with van der Waals surface area (Å²) in [6, 6.07) is 7.16. The standard InChI is InChI=1S/C13H20N2O2/c1-10(2)9-17-12-5-3-4-11(8-12)13(16)15-7-6-14/h3-5,8,10H,6-7,9,14H2,1-2H3,(H,15,16). The highest BCUT2D eigenvalue weighted by molar-refractivity contribution is 5.94. The minimum Gasteiger partial charge on any atom is -0.493 e. The van der Waals surface area contributed by atoms with E-state index in [0.717, 1.165) is 5.75 Å². The molecule has 94 valence electrons. The number of rotatable bonds is 6. The molecule has 4 nitrogen and oxygen atoms in total. The second-order valence-electron chi connectivity index (χ2n) is 4.28. The second kappa shape index (κ2) is 6.91. The summed E-state index contributed by atoms with van der Waals surface area (Å²) in [5.41, 5.74) is 5.92. The van der Waals surface area contributed by atoms with Crippen molar-refractivity contribution >= 4 is 5.91 Å². The van der Waals surface area contributed by atoms with Gasteiger partial charge in [0, 0.05) is 18.7 Å². The SMILES string of the molecule is CC(C)COc1cccc(C(=O)NCCN)c1. The van der Waals surface area contributed by atoms with Crippen LogP contribution in [0.1, 0.15) is 24.2 Å². The van der Waals surface area contributed by atoms with Crippen LogP contribution in [-0.2, 0) is 0 Å². The van der Waals surface area contributed by atoms with Crippen LogP contribution in [0.2, 0.25) is 0 Å². The van der Waals surface area contributed by atoms with Gasteiger partial charge in [0.2, 0.25) is 0 Å². The van der Waals surface area contributed by atoms with Gasteiger partial charge in [-0.05, 0) is 24.1 Å². The van der Waals surface area contributed by atoms with Gasteiger partial charge in [0.25, 0.3) is 5.91 Å². The van der Waals surface area contributed by atoms with Crippen molar-refractivity contribution in [1.29, 1.82) is 0 Å². The summed E-state index contributed by atoms with van der Waals surface area (Å²) in [4.78, 5) is 11.7. The molecule has 0 fully saturated rings. The van der Waals surface area contributed by atoms with Crippen LogP contribution in [0.3, 0.4) is 0 Å². The molecule has 0 aromatic heterocycles. The lowest BCUT2D eigenvalue weighted by atomic mass is 10.2. The van der Waals surface area contributed by atoms with Gasteiger partial charge < -0.3 is 15.8 Å². The van der Waals surface area contributed by atoms with E-state index in [-0.39, 0.29) is 5.91 Å². The van der Waals surface area contributed by atoms with E-state index >= 15 is 0 Å². The van der Waals surface area contributed by atoms with Crippen LogP contribution in [0.5, 0.6) is 5.75 Å². The third-order valence-electron chi connectivity index (χ3n) is 2.11. The summed E-state index contributed by atoms with van der Waals surface area (Å²) < 4.78 is 5.56. The molecule has 0 saturated carbocycles. The summed E-state index contributed by atoms with van der Waals surface area (Å²) in [6.45, 7) is 5.73. The van der Waals surface area contributed by atoms with E-state index in [9.17, 15) is 4.79 Å². The van der Waals surface area contributed by atoms with Gasteiger partial charge in [-0.25, -0.2) is 0 Å². The molecule has 0 radical (unpaired) electrons. The topological polar surface area (TPSA) is 64.3 Å². The Hall–Kier alpha value is -1.55. The summed E-state index contributed by atoms with van der Waals surface area (Å²) in [7, 11) is 0. The van der Waals surface area contributed by atoms with E-state index in [1.54, 1.807) is 12.1 Å². The number of hydrogen-bond acceptors (Lipinski definition) is 3. The number of amides is 1. The van der Waals surface area contributed by atoms with Gasteiger partial charge in [-0.15, -0.1) is 0 Å². The molecule has 0 atom stereocenters. The Bertz CT molecular complexity index is 364. The molecule has 1 aromatic carbocycles. The maximum atomic E-state index is 11.7. The first-order valence-electron chi connectivity index (χ1n) is 5.84. The maximum absolute atomic E-state index is 11.7. The van der Waals surface area contributed by atoms with Gasteiger partial charge in [0.1, 0.15) is 5.75 Å². The number of nitrogens with one attached hydrogen (secondary N) is 1. The molecule has 0 saturated heterocycles. The quantitative estimate of drug-likeness (QED) is 0.785. The Morgan fingerprint density at radius 1 is 1.47 bits per heavy atom. The Morgan fingerprint density at radius 2 is 2.24 bits per heavy atom. The molecule has 0 spiro atoms. The average Bonchev–Trinajstić information content (AvgIpc) is 2.33. The summed E-state index contributed by atoms with van der Waals surface area (Å²) in [5.74, 6) is 1.06. The molecule has 0 unspecified atom stereocenters. The molecule has 1 amide bonds. The molecule has 0 bridgehead atoms. The zero-order chi connectivity index (χ0) is 12.7. The monoisotopic (exact) mass is 236 g/mol. The molecule has 17 heavy (non-hydrogen) atoms. The Labute approximate surface area is 102 Å². The van der Waals surface area contributed by atoms with Crippen LogP contribution in [0, 0.1) is 5.92 Å². The van der Waals surface area contributed by atoms with Crippen LogP contribution in [0.4, 0.5) is 0 Å². The molecule has 1 rings (SSSR count). The molecule has 0 aliphatic carbocycles. The van der Waals surface area contributed by atoms with E-state index < -0.39 is 0 Å². The summed E-state index contributed by atoms with van der Waals surface area (Å²) >= 11 is 0. The van der Waals surface area contributed by atoms with Gasteiger partial charge in [0.05, 0.1) is 6.61 Å². The third kappa shape index (κ3) is 4.87. The lowest BCUT2D eigenvalue weighted by molar-refractivity contribution is 0.0954. The van der Waals surface area contributed by atoms with E-state index in [1.165, 1.54) is 0 Å². The van der Waals surface area contributed by atoms with Crippen LogP contribution >= 0.6 is 0 Å². The zero-order valence-corrected chi connectivity index (χ0v) is 10.4. The lowest BCUT2D eigenvalue weighted by Gasteiger charge is -2.10. The number of benzene rings is 1. The van der Waals surface area contributed by atoms with E-state index in [1.807, 2.05) is 12.1 Å². The highest BCUT2D eigenvalue weighted by atomic mass is 16.5. The van der Waals surface area contributed by atoms with Gasteiger partial charge in [0.15, 0.2) is 0 Å². The minimum absolute atomic E-state index is 0.120. The van der Waals surface area contributed by atoms with E-state index in [4.69, 9.17) is 10.5 Å². The molecule has 1 aromatic rings. The van der Waals surface area contributed by atoms with Crippen molar-refractivity contribution < 1.29 is 9.53 Å². The molecular weight excluding hydrogens is 216 g/mol. The smallest absolute Gasteiger partial charge is 0.251 e. The number of carbonyl (C=O) groups is 1. The fourth-order valence-electron chi connectivity index (χ4n) is 1.28. The molecule has 0 aliphatic rings. The van der Waals surface area contributed by atoms with E-state index in [0.29, 0.717) is 31.2 Å². The van der Waals surface area contributed by atoms with Crippen LogP contribution in [0.15, 0.2) is 24.3 Å². The third-order valence-corrected chi connectivity index (χ3v) is 2.11. The average molecular weight is 236 g/mol. The fourth-order valence-corrected chi connectivity index (χ4v) is 1.28. The lowest BCUT2D eigenvalue weighted by Crippen LogP contribution is -2.28. The van der Waals surface area contributed by atoms with Gasteiger partial charge in [-0.3, -0.25) is 4.79 Å². The van der Waals surface area contributed by atoms with Crippen molar-refractivity contribution in [3.05, 3.63) is 29.8 Å². The number of ether oxygens (including phenoxy) is 1. The Kier molecular flexibility index (Phi) is 5.49. The summed E-state index contributed by atoms with van der Waals surface area (Å²) in [5, 5.41) is 2.72. The minimum atomic E-state index is -0.120. The number of hydrogen-bond donors (Lipinski definition) is 2. The van der Waals surface area contributed by atoms with Crippen molar-refractivity contribution in [2.45, 2.75) is 13.8 Å². The second-order valence-corrected chi connectivity index (χ2v) is 4.28. The first-order chi connectivity index (χ1) is 8.13. The predicted molar refractivity (Wildman–Crippen MR) is 68.2 cm³/mol. The van der Waals surface area contributed by atoms with Crippen molar-refractivity contribution in [3.8, 4) is 5.75 Å².